The van der Waals surface area contributed by atoms with Gasteiger partial charge in [-0.25, -0.2) is 4.98 Å². The third-order valence-electron chi connectivity index (χ3n) is 15.7. The predicted octanol–water partition coefficient (Wildman–Crippen LogP) is 18.4. The maximum atomic E-state index is 5.64. The topological polar surface area (TPSA) is 53.5 Å². The summed E-state index contributed by atoms with van der Waals surface area (Å²) >= 11 is 0. The molecule has 4 aromatic heterocycles. The van der Waals surface area contributed by atoms with Gasteiger partial charge in [0.25, 0.3) is 0 Å². The minimum Gasteiger partial charge on any atom is -0.309 e. The van der Waals surface area contributed by atoms with E-state index in [4.69, 9.17) is 15.0 Å². The number of hydrogen-bond acceptors (Lipinski definition) is 3. The molecule has 14 rings (SSSR count). The maximum Gasteiger partial charge on any atom is 0.238 e. The van der Waals surface area contributed by atoms with Gasteiger partial charge in [0.15, 0.2) is 11.6 Å². The summed E-state index contributed by atoms with van der Waals surface area (Å²) in [6.07, 6.45) is 0. The molecule has 0 aliphatic rings. The lowest BCUT2D eigenvalue weighted by Crippen LogP contribution is -2.10. The molecule has 0 N–H and O–H groups in total. The van der Waals surface area contributed by atoms with Crippen molar-refractivity contribution in [2.75, 3.05) is 0 Å². The SMILES string of the molecule is CC(C)(C)c1ccc(-c2ccc3c(c2)c2cc(-c4ccc(C(C)(C)C)cc4)ccc2n3-c2nc(-c3ccccc3-n3c4ccccc4c4ccccc43)nc(-c3ccccc3-n3c4ccccc4c4ccccc43)n2)cc1. The molecule has 370 valence electrons. The molecule has 0 amide bonds. The van der Waals surface area contributed by atoms with E-state index in [1.165, 1.54) is 43.8 Å². The molecule has 0 aliphatic heterocycles. The Morgan fingerprint density at radius 1 is 0.273 bits per heavy atom. The fourth-order valence-electron chi connectivity index (χ4n) is 11.7. The van der Waals surface area contributed by atoms with Crippen molar-refractivity contribution in [3.05, 3.63) is 242 Å². The van der Waals surface area contributed by atoms with Crippen LogP contribution in [0.15, 0.2) is 231 Å². The number of rotatable bonds is 7. The molecule has 14 aromatic rings. The van der Waals surface area contributed by atoms with Gasteiger partial charge in [0.2, 0.25) is 5.95 Å². The van der Waals surface area contributed by atoms with Crippen LogP contribution in [0.3, 0.4) is 0 Å². The fraction of sp³-hybridized carbons (Fsp3) is 0.113. The van der Waals surface area contributed by atoms with Gasteiger partial charge in [-0.3, -0.25) is 4.57 Å². The minimum atomic E-state index is 0.0492. The van der Waals surface area contributed by atoms with E-state index >= 15 is 0 Å². The number of hydrogen-bond donors (Lipinski definition) is 0. The van der Waals surface area contributed by atoms with Gasteiger partial charge >= 0.3 is 0 Å². The van der Waals surface area contributed by atoms with Crippen LogP contribution in [0.2, 0.25) is 0 Å². The van der Waals surface area contributed by atoms with E-state index < -0.39 is 0 Å². The van der Waals surface area contributed by atoms with E-state index in [-0.39, 0.29) is 10.8 Å². The normalized spacial score (nSPS) is 12.3. The van der Waals surface area contributed by atoms with Crippen LogP contribution < -0.4 is 0 Å². The molecule has 0 atom stereocenters. The van der Waals surface area contributed by atoms with Crippen molar-refractivity contribution < 1.29 is 0 Å². The van der Waals surface area contributed by atoms with Gasteiger partial charge in [0, 0.05) is 43.4 Å². The number of aromatic nitrogens is 6. The average Bonchev–Trinajstić information content (AvgIpc) is 4.32. The van der Waals surface area contributed by atoms with Crippen LogP contribution in [0, 0.1) is 0 Å². The van der Waals surface area contributed by atoms with Crippen LogP contribution in [0.5, 0.6) is 0 Å². The zero-order valence-corrected chi connectivity index (χ0v) is 44.1. The van der Waals surface area contributed by atoms with Crippen LogP contribution in [-0.4, -0.2) is 28.7 Å². The maximum absolute atomic E-state index is 5.64. The van der Waals surface area contributed by atoms with Crippen molar-refractivity contribution in [2.24, 2.45) is 0 Å². The number of nitrogens with zero attached hydrogens (tertiary/aromatic N) is 6. The summed E-state index contributed by atoms with van der Waals surface area (Å²) < 4.78 is 6.98. The Balaban J connectivity index is 1.05. The molecule has 0 aliphatic carbocycles. The summed E-state index contributed by atoms with van der Waals surface area (Å²) in [6, 6.07) is 83.5. The van der Waals surface area contributed by atoms with Crippen molar-refractivity contribution in [3.63, 3.8) is 0 Å². The molecule has 0 radical (unpaired) electrons. The lowest BCUT2D eigenvalue weighted by molar-refractivity contribution is 0.590. The van der Waals surface area contributed by atoms with Crippen molar-refractivity contribution in [1.29, 1.82) is 0 Å². The van der Waals surface area contributed by atoms with Gasteiger partial charge in [-0.15, -0.1) is 0 Å². The van der Waals surface area contributed by atoms with Crippen LogP contribution in [0.4, 0.5) is 0 Å². The van der Waals surface area contributed by atoms with Crippen LogP contribution in [-0.2, 0) is 10.8 Å². The zero-order chi connectivity index (χ0) is 52.2. The van der Waals surface area contributed by atoms with E-state index in [0.717, 1.165) is 77.5 Å². The summed E-state index contributed by atoms with van der Waals surface area (Å²) in [6.45, 7) is 13.6. The van der Waals surface area contributed by atoms with Crippen molar-refractivity contribution in [1.82, 2.24) is 28.7 Å². The first-order valence-corrected chi connectivity index (χ1v) is 26.7. The second-order valence-corrected chi connectivity index (χ2v) is 22.5. The Morgan fingerprint density at radius 3 is 0.948 bits per heavy atom. The van der Waals surface area contributed by atoms with Gasteiger partial charge in [-0.05, 0) is 117 Å². The molecule has 0 saturated heterocycles. The van der Waals surface area contributed by atoms with E-state index in [1.807, 2.05) is 0 Å². The van der Waals surface area contributed by atoms with Gasteiger partial charge < -0.3 is 9.13 Å². The molecule has 77 heavy (non-hydrogen) atoms. The van der Waals surface area contributed by atoms with Gasteiger partial charge in [0.05, 0.1) is 44.5 Å². The molecule has 0 saturated carbocycles. The number of fused-ring (bicyclic) bond motifs is 9. The molecule has 0 unspecified atom stereocenters. The Morgan fingerprint density at radius 2 is 0.584 bits per heavy atom. The fourth-order valence-corrected chi connectivity index (χ4v) is 11.7. The second kappa shape index (κ2) is 17.6. The molecular weight excluding hydrogens is 937 g/mol. The van der Waals surface area contributed by atoms with E-state index in [0.29, 0.717) is 17.6 Å². The summed E-state index contributed by atoms with van der Waals surface area (Å²) in [5, 5.41) is 6.99. The molecule has 0 spiro atoms. The number of benzene rings is 10. The standard InChI is InChI=1S/C71H56N6/c1-70(2,3)49-37-31-45(32-38-49)47-35-41-65-57(43-47)58-44-48(46-33-39-50(40-34-46)71(4,5)6)36-42-66(58)77(65)69-73-67(55-23-11-17-29-63(55)75-59-25-13-7-19-51(59)52-20-8-14-26-60(52)75)72-68(74-69)56-24-12-18-30-64(56)76-61-27-15-9-21-53(61)54-22-10-16-28-62(54)76/h7-44H,1-6H3. The second-order valence-electron chi connectivity index (χ2n) is 22.5. The molecule has 6 nitrogen and oxygen atoms in total. The highest BCUT2D eigenvalue weighted by atomic mass is 15.2. The van der Waals surface area contributed by atoms with Crippen molar-refractivity contribution in [2.45, 2.75) is 52.4 Å². The van der Waals surface area contributed by atoms with Crippen LogP contribution >= 0.6 is 0 Å². The Hall–Kier alpha value is -9.39. The Bertz CT molecular complexity index is 4230. The third kappa shape index (κ3) is 7.65. The highest BCUT2D eigenvalue weighted by Crippen LogP contribution is 2.42. The first-order valence-electron chi connectivity index (χ1n) is 26.7. The summed E-state index contributed by atoms with van der Waals surface area (Å²) in [5.41, 5.74) is 17.6. The highest BCUT2D eigenvalue weighted by molar-refractivity contribution is 6.13. The molecule has 6 heteroatoms. The smallest absolute Gasteiger partial charge is 0.238 e. The van der Waals surface area contributed by atoms with Gasteiger partial charge in [0.1, 0.15) is 0 Å². The van der Waals surface area contributed by atoms with Crippen molar-refractivity contribution >= 4 is 65.4 Å². The molecule has 4 heterocycles. The van der Waals surface area contributed by atoms with Crippen LogP contribution in [0.25, 0.3) is 128 Å². The Labute approximate surface area is 448 Å². The van der Waals surface area contributed by atoms with Gasteiger partial charge in [-0.2, -0.15) is 9.97 Å². The van der Waals surface area contributed by atoms with Crippen LogP contribution in [0.1, 0.15) is 52.7 Å². The average molecular weight is 993 g/mol. The number of para-hydroxylation sites is 6. The monoisotopic (exact) mass is 992 g/mol. The van der Waals surface area contributed by atoms with E-state index in [9.17, 15) is 0 Å². The molecule has 10 aromatic carbocycles. The zero-order valence-electron chi connectivity index (χ0n) is 44.1. The lowest BCUT2D eigenvalue weighted by atomic mass is 9.86. The first kappa shape index (κ1) is 46.2. The minimum absolute atomic E-state index is 0.0492. The third-order valence-corrected chi connectivity index (χ3v) is 15.7. The lowest BCUT2D eigenvalue weighted by Gasteiger charge is -2.19. The summed E-state index contributed by atoms with van der Waals surface area (Å²) in [7, 11) is 0. The Kier molecular flexibility index (Phi) is 10.6. The largest absolute Gasteiger partial charge is 0.309 e. The molecule has 0 fully saturated rings. The van der Waals surface area contributed by atoms with Crippen molar-refractivity contribution in [3.8, 4) is 62.4 Å². The summed E-state index contributed by atoms with van der Waals surface area (Å²) in [5.74, 6) is 1.67. The predicted molar refractivity (Wildman–Crippen MR) is 322 cm³/mol. The quantitative estimate of drug-likeness (QED) is 0.160. The van der Waals surface area contributed by atoms with E-state index in [1.54, 1.807) is 0 Å². The highest BCUT2D eigenvalue weighted by Gasteiger charge is 2.25. The van der Waals surface area contributed by atoms with Gasteiger partial charge in [-0.1, -0.05) is 199 Å². The molecular formula is C71H56N6. The summed E-state index contributed by atoms with van der Waals surface area (Å²) in [4.78, 5) is 16.9. The van der Waals surface area contributed by atoms with E-state index in [2.05, 4.69) is 286 Å². The first-order chi connectivity index (χ1) is 37.5. The molecule has 0 bridgehead atoms.